The maximum atomic E-state index is 9.91. The molecular weight excluding hydrogens is 643 g/mol. The summed E-state index contributed by atoms with van der Waals surface area (Å²) in [6, 6.07) is 20.2. The van der Waals surface area contributed by atoms with E-state index in [-0.39, 0.29) is 6.10 Å². The van der Waals surface area contributed by atoms with Crippen LogP contribution in [0.3, 0.4) is 0 Å². The van der Waals surface area contributed by atoms with Crippen LogP contribution in [0.15, 0.2) is 77.5 Å². The molecule has 8 nitrogen and oxygen atoms in total. The molecule has 0 unspecified atom stereocenters. The van der Waals surface area contributed by atoms with Crippen molar-refractivity contribution in [2.75, 3.05) is 31.5 Å². The van der Waals surface area contributed by atoms with E-state index in [1.165, 1.54) is 12.8 Å². The van der Waals surface area contributed by atoms with E-state index in [4.69, 9.17) is 37.6 Å². The highest BCUT2D eigenvalue weighted by Gasteiger charge is 2.22. The van der Waals surface area contributed by atoms with Crippen LogP contribution in [0.2, 0.25) is 10.0 Å². The number of aliphatic hydroxyl groups excluding tert-OH is 1. The molecule has 2 aliphatic rings. The number of likely N-dealkylation sites (tertiary alicyclic amines) is 2. The fraction of sp³-hybridized carbons (Fsp3) is 0.289. The molecule has 0 aliphatic carbocycles. The molecule has 244 valence electrons. The molecule has 2 aliphatic heterocycles. The lowest BCUT2D eigenvalue weighted by molar-refractivity contribution is 0.175. The van der Waals surface area contributed by atoms with Gasteiger partial charge in [-0.3, -0.25) is 14.8 Å². The smallest absolute Gasteiger partial charge is 0.227 e. The van der Waals surface area contributed by atoms with Gasteiger partial charge in [0.1, 0.15) is 11.0 Å². The van der Waals surface area contributed by atoms with Gasteiger partial charge in [-0.25, -0.2) is 9.97 Å². The molecule has 1 atom stereocenters. The molecule has 0 saturated carbocycles. The van der Waals surface area contributed by atoms with Crippen LogP contribution in [0.1, 0.15) is 36.0 Å². The first-order valence-electron chi connectivity index (χ1n) is 16.5. The van der Waals surface area contributed by atoms with Crippen molar-refractivity contribution in [3.05, 3.63) is 99.8 Å². The Hall–Kier alpha value is -4.05. The van der Waals surface area contributed by atoms with Gasteiger partial charge in [-0.1, -0.05) is 47.5 Å². The largest absolute Gasteiger partial charge is 0.434 e. The van der Waals surface area contributed by atoms with Crippen molar-refractivity contribution >= 4 is 56.7 Å². The fourth-order valence-electron chi connectivity index (χ4n) is 7.07. The van der Waals surface area contributed by atoms with E-state index >= 15 is 0 Å². The third kappa shape index (κ3) is 6.15. The number of β-amino-alcohol motifs (C(OH)–C–C–N with tert-alkyl or cyclic N) is 1. The number of fused-ring (bicyclic) bond motifs is 2. The van der Waals surface area contributed by atoms with Crippen molar-refractivity contribution in [1.82, 2.24) is 24.8 Å². The molecule has 0 bridgehead atoms. The van der Waals surface area contributed by atoms with Gasteiger partial charge < -0.3 is 14.8 Å². The molecule has 0 spiro atoms. The minimum Gasteiger partial charge on any atom is -0.434 e. The van der Waals surface area contributed by atoms with E-state index in [0.29, 0.717) is 33.9 Å². The highest BCUT2D eigenvalue weighted by molar-refractivity contribution is 6.36. The number of halogens is 2. The van der Waals surface area contributed by atoms with Gasteiger partial charge >= 0.3 is 0 Å². The SMILES string of the molecule is Cc1c(-c2nc3cc(CN4CCCC4)cc(Cl)c3o2)cccc1-c1cccc(Nc2nccc3cc(CN4CC[C@@H](O)C4)cnc23)c1Cl. The van der Waals surface area contributed by atoms with Gasteiger partial charge in [-0.15, -0.1) is 0 Å². The lowest BCUT2D eigenvalue weighted by atomic mass is 9.96. The second-order valence-electron chi connectivity index (χ2n) is 13.0. The van der Waals surface area contributed by atoms with Gasteiger partial charge in [0.05, 0.1) is 21.8 Å². The Morgan fingerprint density at radius 3 is 2.52 bits per heavy atom. The highest BCUT2D eigenvalue weighted by Crippen LogP contribution is 2.40. The predicted octanol–water partition coefficient (Wildman–Crippen LogP) is 8.63. The summed E-state index contributed by atoms with van der Waals surface area (Å²) >= 11 is 13.8. The van der Waals surface area contributed by atoms with E-state index in [1.54, 1.807) is 6.20 Å². The molecular formula is C38H36Cl2N6O2. The van der Waals surface area contributed by atoms with Crippen LogP contribution in [0, 0.1) is 6.92 Å². The Balaban J connectivity index is 1.08. The third-order valence-electron chi connectivity index (χ3n) is 9.53. The molecule has 10 heteroatoms. The lowest BCUT2D eigenvalue weighted by Crippen LogP contribution is -2.21. The second-order valence-corrected chi connectivity index (χ2v) is 13.7. The molecule has 3 aromatic carbocycles. The molecule has 2 N–H and O–H groups in total. The van der Waals surface area contributed by atoms with Crippen LogP contribution in [0.25, 0.3) is 44.6 Å². The molecule has 8 rings (SSSR count). The first-order chi connectivity index (χ1) is 23.4. The lowest BCUT2D eigenvalue weighted by Gasteiger charge is -2.16. The number of nitrogens with one attached hydrogen (secondary N) is 1. The maximum absolute atomic E-state index is 9.91. The fourth-order valence-corrected chi connectivity index (χ4v) is 7.62. The summed E-state index contributed by atoms with van der Waals surface area (Å²) in [5.41, 5.74) is 8.85. The zero-order valence-electron chi connectivity index (χ0n) is 26.7. The Labute approximate surface area is 289 Å². The van der Waals surface area contributed by atoms with Crippen LogP contribution < -0.4 is 5.32 Å². The summed E-state index contributed by atoms with van der Waals surface area (Å²) in [5.74, 6) is 1.16. The minimum atomic E-state index is -0.246. The zero-order chi connectivity index (χ0) is 32.8. The number of oxazole rings is 1. The Bertz CT molecular complexity index is 2140. The van der Waals surface area contributed by atoms with Crippen molar-refractivity contribution in [1.29, 1.82) is 0 Å². The van der Waals surface area contributed by atoms with Crippen LogP contribution in [-0.2, 0) is 13.1 Å². The Morgan fingerprint density at radius 1 is 0.896 bits per heavy atom. The molecule has 0 amide bonds. The number of anilines is 2. The number of aliphatic hydroxyl groups is 1. The van der Waals surface area contributed by atoms with Gasteiger partial charge in [-0.05, 0) is 97.9 Å². The van der Waals surface area contributed by atoms with E-state index in [9.17, 15) is 5.11 Å². The number of benzene rings is 3. The summed E-state index contributed by atoms with van der Waals surface area (Å²) in [6.07, 6.45) is 6.72. The highest BCUT2D eigenvalue weighted by atomic mass is 35.5. The number of pyridine rings is 2. The van der Waals surface area contributed by atoms with E-state index in [2.05, 4.69) is 45.2 Å². The molecule has 48 heavy (non-hydrogen) atoms. The van der Waals surface area contributed by atoms with Crippen molar-refractivity contribution in [2.24, 2.45) is 0 Å². The summed E-state index contributed by atoms with van der Waals surface area (Å²) in [5, 5.41) is 15.5. The van der Waals surface area contributed by atoms with Gasteiger partial charge in [0.15, 0.2) is 11.4 Å². The summed E-state index contributed by atoms with van der Waals surface area (Å²) in [7, 11) is 0. The van der Waals surface area contributed by atoms with Crippen LogP contribution in [-0.4, -0.2) is 62.1 Å². The predicted molar refractivity (Wildman–Crippen MR) is 193 cm³/mol. The first kappa shape index (κ1) is 31.2. The standard InChI is InChI=1S/C38H36Cl2N6O2/c1-23-28(6-4-7-29(23)38-44-33-18-24(17-31(39)36(33)48-38)20-45-13-2-3-14-45)30-8-5-9-32(34(30)40)43-37-35-26(10-12-41-37)16-25(19-42-35)21-46-15-11-27(47)22-46/h4-10,12,16-19,27,47H,2-3,11,13-15,20-22H2,1H3,(H,41,43)/t27-/m1/s1. The summed E-state index contributed by atoms with van der Waals surface area (Å²) in [6.45, 7) is 7.51. The van der Waals surface area contributed by atoms with Crippen LogP contribution >= 0.6 is 23.2 Å². The number of aromatic nitrogens is 3. The van der Waals surface area contributed by atoms with Crippen LogP contribution in [0.4, 0.5) is 11.5 Å². The number of nitrogens with zero attached hydrogens (tertiary/aromatic N) is 5. The number of rotatable bonds is 8. The molecule has 0 radical (unpaired) electrons. The van der Waals surface area contributed by atoms with Crippen molar-refractivity contribution in [3.63, 3.8) is 0 Å². The number of hydrogen-bond donors (Lipinski definition) is 2. The van der Waals surface area contributed by atoms with E-state index < -0.39 is 0 Å². The van der Waals surface area contributed by atoms with Crippen molar-refractivity contribution < 1.29 is 9.52 Å². The number of hydrogen-bond acceptors (Lipinski definition) is 8. The second kappa shape index (κ2) is 13.1. The quantitative estimate of drug-likeness (QED) is 0.165. The van der Waals surface area contributed by atoms with E-state index in [1.807, 2.05) is 48.7 Å². The monoisotopic (exact) mass is 678 g/mol. The molecule has 5 heterocycles. The molecule has 6 aromatic rings. The summed E-state index contributed by atoms with van der Waals surface area (Å²) < 4.78 is 6.27. The van der Waals surface area contributed by atoms with Gasteiger partial charge in [0, 0.05) is 55.1 Å². The van der Waals surface area contributed by atoms with Crippen molar-refractivity contribution in [3.8, 4) is 22.6 Å². The van der Waals surface area contributed by atoms with Gasteiger partial charge in [-0.2, -0.15) is 0 Å². The van der Waals surface area contributed by atoms with Crippen LogP contribution in [0.5, 0.6) is 0 Å². The molecule has 3 aromatic heterocycles. The maximum Gasteiger partial charge on any atom is 0.227 e. The average Bonchev–Trinajstić information content (AvgIpc) is 3.84. The topological polar surface area (TPSA) is 90.6 Å². The average molecular weight is 680 g/mol. The first-order valence-corrected chi connectivity index (χ1v) is 17.3. The molecule has 2 saturated heterocycles. The van der Waals surface area contributed by atoms with Gasteiger partial charge in [0.25, 0.3) is 0 Å². The Kier molecular flexibility index (Phi) is 8.53. The summed E-state index contributed by atoms with van der Waals surface area (Å²) in [4.78, 5) is 19.0. The van der Waals surface area contributed by atoms with E-state index in [0.717, 1.165) is 94.6 Å². The third-order valence-corrected chi connectivity index (χ3v) is 10.2. The van der Waals surface area contributed by atoms with Crippen molar-refractivity contribution in [2.45, 2.75) is 45.4 Å². The minimum absolute atomic E-state index is 0.246. The zero-order valence-corrected chi connectivity index (χ0v) is 28.2. The normalized spacial score (nSPS) is 17.2. The Morgan fingerprint density at radius 2 is 1.69 bits per heavy atom. The van der Waals surface area contributed by atoms with Gasteiger partial charge in [0.2, 0.25) is 5.89 Å². The molecule has 2 fully saturated rings.